The van der Waals surface area contributed by atoms with Crippen LogP contribution in [0.1, 0.15) is 32.6 Å². The van der Waals surface area contributed by atoms with Gasteiger partial charge in [0, 0.05) is 12.6 Å². The molecule has 4 nitrogen and oxygen atoms in total. The highest BCUT2D eigenvalue weighted by molar-refractivity contribution is 7.91. The summed E-state index contributed by atoms with van der Waals surface area (Å²) in [5, 5.41) is 3.42. The molecule has 0 radical (unpaired) electrons. The number of hydrogen-bond acceptors (Lipinski definition) is 4. The SMILES string of the molecule is CC(CNC1CCS(=O)(=O)C1)CN1CCCCC1. The lowest BCUT2D eigenvalue weighted by Crippen LogP contribution is -2.39. The van der Waals surface area contributed by atoms with Gasteiger partial charge in [0.2, 0.25) is 0 Å². The summed E-state index contributed by atoms with van der Waals surface area (Å²) in [7, 11) is -2.74. The first-order valence-corrected chi connectivity index (χ1v) is 9.03. The highest BCUT2D eigenvalue weighted by Crippen LogP contribution is 2.13. The lowest BCUT2D eigenvalue weighted by atomic mass is 10.1. The van der Waals surface area contributed by atoms with Crippen molar-refractivity contribution in [1.82, 2.24) is 10.2 Å². The maximum Gasteiger partial charge on any atom is 0.151 e. The van der Waals surface area contributed by atoms with Crippen molar-refractivity contribution in [2.24, 2.45) is 5.92 Å². The van der Waals surface area contributed by atoms with E-state index in [1.807, 2.05) is 0 Å². The van der Waals surface area contributed by atoms with Gasteiger partial charge in [-0.05, 0) is 44.8 Å². The van der Waals surface area contributed by atoms with Crippen molar-refractivity contribution >= 4 is 9.84 Å². The molecule has 5 heteroatoms. The quantitative estimate of drug-likeness (QED) is 0.809. The van der Waals surface area contributed by atoms with Crippen LogP contribution in [0.2, 0.25) is 0 Å². The standard InChI is InChI=1S/C13H26N2O2S/c1-12(10-15-6-3-2-4-7-15)9-14-13-5-8-18(16,17)11-13/h12-14H,2-11H2,1H3. The van der Waals surface area contributed by atoms with E-state index in [1.165, 1.54) is 32.4 Å². The smallest absolute Gasteiger partial charge is 0.151 e. The molecule has 0 aromatic carbocycles. The van der Waals surface area contributed by atoms with Crippen LogP contribution in [0.5, 0.6) is 0 Å². The fraction of sp³-hybridized carbons (Fsp3) is 1.00. The Hall–Kier alpha value is -0.130. The third-order valence-electron chi connectivity index (χ3n) is 4.01. The number of hydrogen-bond donors (Lipinski definition) is 1. The van der Waals surface area contributed by atoms with Crippen LogP contribution >= 0.6 is 0 Å². The second-order valence-corrected chi connectivity index (χ2v) is 8.20. The normalized spacial score (nSPS) is 30.4. The molecule has 0 aromatic rings. The molecule has 2 unspecified atom stereocenters. The van der Waals surface area contributed by atoms with Gasteiger partial charge in [0.1, 0.15) is 0 Å². The topological polar surface area (TPSA) is 49.4 Å². The number of likely N-dealkylation sites (tertiary alicyclic amines) is 1. The Labute approximate surface area is 111 Å². The van der Waals surface area contributed by atoms with E-state index in [0.717, 1.165) is 19.5 Å². The zero-order valence-corrected chi connectivity index (χ0v) is 12.2. The second kappa shape index (κ2) is 6.35. The minimum absolute atomic E-state index is 0.193. The fourth-order valence-electron chi connectivity index (χ4n) is 2.97. The van der Waals surface area contributed by atoms with Crippen molar-refractivity contribution in [2.75, 3.05) is 37.7 Å². The predicted octanol–water partition coefficient (Wildman–Crippen LogP) is 0.885. The minimum atomic E-state index is -2.74. The van der Waals surface area contributed by atoms with Gasteiger partial charge in [-0.2, -0.15) is 0 Å². The largest absolute Gasteiger partial charge is 0.313 e. The summed E-state index contributed by atoms with van der Waals surface area (Å²) in [4.78, 5) is 2.54. The number of sulfone groups is 1. The van der Waals surface area contributed by atoms with E-state index >= 15 is 0 Å². The second-order valence-electron chi connectivity index (χ2n) is 5.97. The van der Waals surface area contributed by atoms with Crippen LogP contribution in [0.15, 0.2) is 0 Å². The highest BCUT2D eigenvalue weighted by Gasteiger charge is 2.27. The molecule has 1 N–H and O–H groups in total. The fourth-order valence-corrected chi connectivity index (χ4v) is 4.68. The van der Waals surface area contributed by atoms with E-state index in [1.54, 1.807) is 0 Å². The Kier molecular flexibility index (Phi) is 5.04. The Morgan fingerprint density at radius 1 is 1.28 bits per heavy atom. The average molecular weight is 274 g/mol. The zero-order valence-electron chi connectivity index (χ0n) is 11.4. The Morgan fingerprint density at radius 2 is 2.00 bits per heavy atom. The van der Waals surface area contributed by atoms with Crippen molar-refractivity contribution in [3.05, 3.63) is 0 Å². The van der Waals surface area contributed by atoms with Gasteiger partial charge in [-0.15, -0.1) is 0 Å². The van der Waals surface area contributed by atoms with Crippen LogP contribution in [0, 0.1) is 5.92 Å². The van der Waals surface area contributed by atoms with Crippen LogP contribution in [0.4, 0.5) is 0 Å². The molecule has 0 aliphatic carbocycles. The summed E-state index contributed by atoms with van der Waals surface area (Å²) < 4.78 is 22.7. The highest BCUT2D eigenvalue weighted by atomic mass is 32.2. The van der Waals surface area contributed by atoms with Gasteiger partial charge in [-0.3, -0.25) is 0 Å². The van der Waals surface area contributed by atoms with Gasteiger partial charge in [0.05, 0.1) is 11.5 Å². The van der Waals surface area contributed by atoms with Crippen molar-refractivity contribution in [3.8, 4) is 0 Å². The van der Waals surface area contributed by atoms with E-state index in [2.05, 4.69) is 17.1 Å². The molecule has 2 fully saturated rings. The number of rotatable bonds is 5. The molecule has 2 saturated heterocycles. The molecule has 18 heavy (non-hydrogen) atoms. The molecule has 2 aliphatic rings. The molecule has 2 heterocycles. The molecule has 2 aliphatic heterocycles. The van der Waals surface area contributed by atoms with E-state index < -0.39 is 9.84 Å². The number of piperidine rings is 1. The summed E-state index contributed by atoms with van der Waals surface area (Å²) in [6.45, 7) is 6.82. The number of nitrogens with zero attached hydrogens (tertiary/aromatic N) is 1. The summed E-state index contributed by atoms with van der Waals surface area (Å²) >= 11 is 0. The minimum Gasteiger partial charge on any atom is -0.313 e. The first kappa shape index (κ1) is 14.3. The van der Waals surface area contributed by atoms with Gasteiger partial charge >= 0.3 is 0 Å². The first-order chi connectivity index (χ1) is 8.55. The Morgan fingerprint density at radius 3 is 2.61 bits per heavy atom. The Balaban J connectivity index is 1.64. The molecular weight excluding hydrogens is 248 g/mol. The molecule has 0 spiro atoms. The summed E-state index contributed by atoms with van der Waals surface area (Å²) in [5.74, 6) is 1.31. The van der Waals surface area contributed by atoms with Gasteiger partial charge in [0.15, 0.2) is 9.84 Å². The summed E-state index contributed by atoms with van der Waals surface area (Å²) in [6, 6.07) is 0.193. The van der Waals surface area contributed by atoms with Crippen LogP contribution < -0.4 is 5.32 Å². The molecule has 0 aromatic heterocycles. The van der Waals surface area contributed by atoms with Crippen LogP contribution in [0.3, 0.4) is 0 Å². The molecule has 2 rings (SSSR count). The van der Waals surface area contributed by atoms with Gasteiger partial charge in [0.25, 0.3) is 0 Å². The molecule has 0 saturated carbocycles. The van der Waals surface area contributed by atoms with Crippen molar-refractivity contribution in [1.29, 1.82) is 0 Å². The van der Waals surface area contributed by atoms with E-state index in [4.69, 9.17) is 0 Å². The van der Waals surface area contributed by atoms with E-state index in [9.17, 15) is 8.42 Å². The zero-order chi connectivity index (χ0) is 13.0. The molecule has 0 amide bonds. The molecule has 2 atom stereocenters. The Bertz CT molecular complexity index is 350. The van der Waals surface area contributed by atoms with Crippen LogP contribution in [-0.4, -0.2) is 57.0 Å². The van der Waals surface area contributed by atoms with E-state index in [-0.39, 0.29) is 6.04 Å². The maximum atomic E-state index is 11.4. The maximum absolute atomic E-state index is 11.4. The average Bonchev–Trinajstić information content (AvgIpc) is 2.68. The van der Waals surface area contributed by atoms with Crippen LogP contribution in [-0.2, 0) is 9.84 Å². The molecular formula is C13H26N2O2S. The lowest BCUT2D eigenvalue weighted by Gasteiger charge is -2.29. The third kappa shape index (κ3) is 4.52. The summed E-state index contributed by atoms with van der Waals surface area (Å²) in [6.07, 6.45) is 4.84. The number of nitrogens with one attached hydrogen (secondary N) is 1. The molecule has 0 bridgehead atoms. The van der Waals surface area contributed by atoms with Crippen molar-refractivity contribution in [3.63, 3.8) is 0 Å². The predicted molar refractivity (Wildman–Crippen MR) is 74.5 cm³/mol. The summed E-state index contributed by atoms with van der Waals surface area (Å²) in [5.41, 5.74) is 0. The first-order valence-electron chi connectivity index (χ1n) is 7.21. The monoisotopic (exact) mass is 274 g/mol. The van der Waals surface area contributed by atoms with Gasteiger partial charge < -0.3 is 10.2 Å². The molecule has 106 valence electrons. The van der Waals surface area contributed by atoms with Crippen molar-refractivity contribution in [2.45, 2.75) is 38.6 Å². The van der Waals surface area contributed by atoms with E-state index in [0.29, 0.717) is 17.4 Å². The van der Waals surface area contributed by atoms with Gasteiger partial charge in [-0.1, -0.05) is 13.3 Å². The third-order valence-corrected chi connectivity index (χ3v) is 5.77. The lowest BCUT2D eigenvalue weighted by molar-refractivity contribution is 0.197. The van der Waals surface area contributed by atoms with Gasteiger partial charge in [-0.25, -0.2) is 8.42 Å². The van der Waals surface area contributed by atoms with Crippen LogP contribution in [0.25, 0.3) is 0 Å². The van der Waals surface area contributed by atoms with Crippen molar-refractivity contribution < 1.29 is 8.42 Å².